The highest BCUT2D eigenvalue weighted by atomic mass is 16.4. The van der Waals surface area contributed by atoms with Gasteiger partial charge in [0, 0.05) is 25.6 Å². The third-order valence-electron chi connectivity index (χ3n) is 3.00. The van der Waals surface area contributed by atoms with Gasteiger partial charge in [-0.25, -0.2) is 0 Å². The molecule has 0 aromatic heterocycles. The van der Waals surface area contributed by atoms with Crippen molar-refractivity contribution in [1.29, 1.82) is 0 Å². The SMILES string of the molecule is CN(CC(=O)NCCCC(=O)O)CC1CCCN1. The molecule has 0 aromatic rings. The molecule has 1 amide bonds. The van der Waals surface area contributed by atoms with Gasteiger partial charge in [-0.05, 0) is 32.9 Å². The highest BCUT2D eigenvalue weighted by molar-refractivity contribution is 5.78. The van der Waals surface area contributed by atoms with Crippen LogP contribution in [0.25, 0.3) is 0 Å². The average Bonchev–Trinajstić information content (AvgIpc) is 2.76. The molecule has 1 aliphatic heterocycles. The molecule has 3 N–H and O–H groups in total. The first-order valence-corrected chi connectivity index (χ1v) is 6.48. The van der Waals surface area contributed by atoms with Gasteiger partial charge < -0.3 is 15.7 Å². The molecule has 0 radical (unpaired) electrons. The van der Waals surface area contributed by atoms with E-state index in [4.69, 9.17) is 5.11 Å². The van der Waals surface area contributed by atoms with E-state index in [1.54, 1.807) is 0 Å². The molecule has 1 unspecified atom stereocenters. The van der Waals surface area contributed by atoms with Crippen molar-refractivity contribution in [3.05, 3.63) is 0 Å². The van der Waals surface area contributed by atoms with E-state index in [-0.39, 0.29) is 12.3 Å². The summed E-state index contributed by atoms with van der Waals surface area (Å²) in [6.07, 6.45) is 2.96. The molecule has 0 aliphatic carbocycles. The van der Waals surface area contributed by atoms with Crippen molar-refractivity contribution >= 4 is 11.9 Å². The van der Waals surface area contributed by atoms with Gasteiger partial charge in [0.2, 0.25) is 5.91 Å². The number of rotatable bonds is 8. The number of aliphatic carboxylic acids is 1. The highest BCUT2D eigenvalue weighted by Crippen LogP contribution is 2.05. The number of carboxylic acid groups (broad SMARTS) is 1. The second kappa shape index (κ2) is 8.05. The minimum absolute atomic E-state index is 0.0408. The highest BCUT2D eigenvalue weighted by Gasteiger charge is 2.16. The zero-order valence-corrected chi connectivity index (χ0v) is 10.9. The van der Waals surface area contributed by atoms with Crippen molar-refractivity contribution in [1.82, 2.24) is 15.5 Å². The second-order valence-corrected chi connectivity index (χ2v) is 4.84. The van der Waals surface area contributed by atoms with Crippen LogP contribution in [0.5, 0.6) is 0 Å². The maximum atomic E-state index is 11.6. The van der Waals surface area contributed by atoms with Gasteiger partial charge in [0.1, 0.15) is 0 Å². The van der Waals surface area contributed by atoms with Crippen molar-refractivity contribution < 1.29 is 14.7 Å². The summed E-state index contributed by atoms with van der Waals surface area (Å²) in [5.41, 5.74) is 0. The fraction of sp³-hybridized carbons (Fsp3) is 0.833. The number of carbonyl (C=O) groups excluding carboxylic acids is 1. The summed E-state index contributed by atoms with van der Waals surface area (Å²) in [4.78, 5) is 23.8. The summed E-state index contributed by atoms with van der Waals surface area (Å²) in [5.74, 6) is -0.866. The van der Waals surface area contributed by atoms with Crippen LogP contribution in [0.1, 0.15) is 25.7 Å². The van der Waals surface area contributed by atoms with Crippen LogP contribution in [0.2, 0.25) is 0 Å². The Morgan fingerprint density at radius 2 is 2.28 bits per heavy atom. The molecule has 1 rings (SSSR count). The largest absolute Gasteiger partial charge is 0.481 e. The minimum Gasteiger partial charge on any atom is -0.481 e. The Morgan fingerprint density at radius 1 is 1.50 bits per heavy atom. The fourth-order valence-electron chi connectivity index (χ4n) is 2.12. The standard InChI is InChI=1S/C12H23N3O3/c1-15(8-10-4-2-6-13-10)9-11(16)14-7-3-5-12(17)18/h10,13H,2-9H2,1H3,(H,14,16)(H,17,18). The number of carboxylic acids is 1. The maximum Gasteiger partial charge on any atom is 0.303 e. The van der Waals surface area contributed by atoms with Gasteiger partial charge in [-0.1, -0.05) is 0 Å². The summed E-state index contributed by atoms with van der Waals surface area (Å²) >= 11 is 0. The number of hydrogen-bond acceptors (Lipinski definition) is 4. The Labute approximate surface area is 108 Å². The van der Waals surface area contributed by atoms with Crippen LogP contribution >= 0.6 is 0 Å². The van der Waals surface area contributed by atoms with E-state index in [1.807, 2.05) is 11.9 Å². The first-order chi connectivity index (χ1) is 8.58. The number of hydrogen-bond donors (Lipinski definition) is 3. The van der Waals surface area contributed by atoms with Gasteiger partial charge in [0.15, 0.2) is 0 Å². The number of nitrogens with one attached hydrogen (secondary N) is 2. The summed E-state index contributed by atoms with van der Waals surface area (Å²) in [6, 6.07) is 0.495. The normalized spacial score (nSPS) is 19.1. The van der Waals surface area contributed by atoms with Crippen molar-refractivity contribution in [2.75, 3.05) is 33.2 Å². The van der Waals surface area contributed by atoms with Gasteiger partial charge in [-0.3, -0.25) is 14.5 Å². The summed E-state index contributed by atoms with van der Waals surface area (Å²) in [7, 11) is 1.93. The summed E-state index contributed by atoms with van der Waals surface area (Å²) in [5, 5.41) is 14.6. The molecule has 1 heterocycles. The third-order valence-corrected chi connectivity index (χ3v) is 3.00. The molecule has 18 heavy (non-hydrogen) atoms. The number of likely N-dealkylation sites (N-methyl/N-ethyl adjacent to an activating group) is 1. The second-order valence-electron chi connectivity index (χ2n) is 4.84. The molecular weight excluding hydrogens is 234 g/mol. The van der Waals surface area contributed by atoms with Crippen molar-refractivity contribution in [2.24, 2.45) is 0 Å². The zero-order valence-electron chi connectivity index (χ0n) is 10.9. The van der Waals surface area contributed by atoms with Gasteiger partial charge in [0.25, 0.3) is 0 Å². The van der Waals surface area contributed by atoms with Crippen LogP contribution in [0.15, 0.2) is 0 Å². The molecule has 0 saturated carbocycles. The van der Waals surface area contributed by atoms with E-state index in [2.05, 4.69) is 10.6 Å². The molecule has 0 bridgehead atoms. The lowest BCUT2D eigenvalue weighted by Crippen LogP contribution is -2.41. The molecule has 104 valence electrons. The smallest absolute Gasteiger partial charge is 0.303 e. The minimum atomic E-state index is -0.825. The Bertz CT molecular complexity index is 278. The Morgan fingerprint density at radius 3 is 2.89 bits per heavy atom. The van der Waals surface area contributed by atoms with Crippen molar-refractivity contribution in [3.8, 4) is 0 Å². The van der Waals surface area contributed by atoms with Crippen LogP contribution < -0.4 is 10.6 Å². The van der Waals surface area contributed by atoms with Crippen LogP contribution in [0.3, 0.4) is 0 Å². The van der Waals surface area contributed by atoms with E-state index < -0.39 is 5.97 Å². The molecule has 1 fully saturated rings. The lowest BCUT2D eigenvalue weighted by Gasteiger charge is -2.20. The van der Waals surface area contributed by atoms with Crippen molar-refractivity contribution in [3.63, 3.8) is 0 Å². The molecule has 6 heteroatoms. The van der Waals surface area contributed by atoms with Gasteiger partial charge in [-0.15, -0.1) is 0 Å². The molecule has 1 aliphatic rings. The number of carbonyl (C=O) groups is 2. The average molecular weight is 257 g/mol. The third kappa shape index (κ3) is 6.56. The summed E-state index contributed by atoms with van der Waals surface area (Å²) in [6.45, 7) is 2.74. The summed E-state index contributed by atoms with van der Waals surface area (Å²) < 4.78 is 0. The van der Waals surface area contributed by atoms with E-state index in [0.717, 1.165) is 13.1 Å². The monoisotopic (exact) mass is 257 g/mol. The van der Waals surface area contributed by atoms with Crippen LogP contribution in [0.4, 0.5) is 0 Å². The zero-order chi connectivity index (χ0) is 13.4. The number of amides is 1. The molecule has 6 nitrogen and oxygen atoms in total. The van der Waals surface area contributed by atoms with E-state index in [0.29, 0.717) is 25.6 Å². The predicted molar refractivity (Wildman–Crippen MR) is 68.4 cm³/mol. The molecule has 0 aromatic carbocycles. The first-order valence-electron chi connectivity index (χ1n) is 6.48. The van der Waals surface area contributed by atoms with E-state index in [1.165, 1.54) is 12.8 Å². The van der Waals surface area contributed by atoms with Crippen LogP contribution in [-0.2, 0) is 9.59 Å². The lowest BCUT2D eigenvalue weighted by atomic mass is 10.2. The fourth-order valence-corrected chi connectivity index (χ4v) is 2.12. The Kier molecular flexibility index (Phi) is 6.67. The predicted octanol–water partition coefficient (Wildman–Crippen LogP) is -0.349. The molecule has 0 spiro atoms. The molecule has 1 atom stereocenters. The van der Waals surface area contributed by atoms with E-state index in [9.17, 15) is 9.59 Å². The molecule has 1 saturated heterocycles. The van der Waals surface area contributed by atoms with E-state index >= 15 is 0 Å². The van der Waals surface area contributed by atoms with Gasteiger partial charge in [-0.2, -0.15) is 0 Å². The van der Waals surface area contributed by atoms with Crippen molar-refractivity contribution in [2.45, 2.75) is 31.7 Å². The van der Waals surface area contributed by atoms with Gasteiger partial charge >= 0.3 is 5.97 Å². The lowest BCUT2D eigenvalue weighted by molar-refractivity contribution is -0.137. The first kappa shape index (κ1) is 14.9. The number of nitrogens with zero attached hydrogens (tertiary/aromatic N) is 1. The topological polar surface area (TPSA) is 81.7 Å². The van der Waals surface area contributed by atoms with Gasteiger partial charge in [0.05, 0.1) is 6.54 Å². The quantitative estimate of drug-likeness (QED) is 0.518. The Balaban J connectivity index is 2.05. The maximum absolute atomic E-state index is 11.6. The van der Waals surface area contributed by atoms with Crippen LogP contribution in [-0.4, -0.2) is 61.2 Å². The van der Waals surface area contributed by atoms with Crippen LogP contribution in [0, 0.1) is 0 Å². The Hall–Kier alpha value is -1.14. The molecular formula is C12H23N3O3.